The predicted octanol–water partition coefficient (Wildman–Crippen LogP) is 6.26. The van der Waals surface area contributed by atoms with Gasteiger partial charge < -0.3 is 0 Å². The number of allylic oxidation sites excluding steroid dienone is 1. The molecule has 0 fully saturated rings. The highest BCUT2D eigenvalue weighted by atomic mass is 32.2. The van der Waals surface area contributed by atoms with E-state index in [9.17, 15) is 8.42 Å². The Labute approximate surface area is 151 Å². The molecule has 0 unspecified atom stereocenters. The Morgan fingerprint density at radius 3 is 1.79 bits per heavy atom. The first kappa shape index (κ1) is 23.6. The van der Waals surface area contributed by atoms with Gasteiger partial charge in [-0.3, -0.25) is 4.55 Å². The van der Waals surface area contributed by atoms with Crippen molar-refractivity contribution in [3.8, 4) is 0 Å². The SMILES string of the molecule is C/C(=C\CS(=O)(=O)O)CCC[C@H](C)CCC[C@H](C)CCCC(C)C. The summed E-state index contributed by atoms with van der Waals surface area (Å²) in [6.07, 6.45) is 12.9. The molecule has 0 spiro atoms. The van der Waals surface area contributed by atoms with Crippen molar-refractivity contribution in [1.82, 2.24) is 0 Å². The minimum Gasteiger partial charge on any atom is -0.285 e. The van der Waals surface area contributed by atoms with Gasteiger partial charge in [-0.1, -0.05) is 84.3 Å². The summed E-state index contributed by atoms with van der Waals surface area (Å²) in [4.78, 5) is 0. The molecule has 0 aromatic carbocycles. The lowest BCUT2D eigenvalue weighted by molar-refractivity contribution is 0.389. The molecule has 0 radical (unpaired) electrons. The largest absolute Gasteiger partial charge is 0.285 e. The maximum atomic E-state index is 10.7. The fourth-order valence-electron chi connectivity index (χ4n) is 3.06. The first-order chi connectivity index (χ1) is 11.1. The van der Waals surface area contributed by atoms with E-state index in [-0.39, 0.29) is 5.75 Å². The third kappa shape index (κ3) is 16.5. The van der Waals surface area contributed by atoms with Crippen molar-refractivity contribution < 1.29 is 13.0 Å². The molecule has 0 amide bonds. The highest BCUT2D eigenvalue weighted by Gasteiger charge is 2.07. The summed E-state index contributed by atoms with van der Waals surface area (Å²) in [6.45, 7) is 11.2. The van der Waals surface area contributed by atoms with Gasteiger partial charge in [0.15, 0.2) is 0 Å². The van der Waals surface area contributed by atoms with Crippen LogP contribution in [-0.2, 0) is 10.1 Å². The topological polar surface area (TPSA) is 54.4 Å². The summed E-state index contributed by atoms with van der Waals surface area (Å²) < 4.78 is 30.1. The fourth-order valence-corrected chi connectivity index (χ4v) is 3.55. The van der Waals surface area contributed by atoms with Crippen molar-refractivity contribution in [2.45, 2.75) is 92.4 Å². The Morgan fingerprint density at radius 1 is 0.875 bits per heavy atom. The van der Waals surface area contributed by atoms with E-state index >= 15 is 0 Å². The molecule has 2 atom stereocenters. The van der Waals surface area contributed by atoms with Gasteiger partial charge in [0.1, 0.15) is 0 Å². The van der Waals surface area contributed by atoms with Crippen molar-refractivity contribution >= 4 is 10.1 Å². The molecule has 0 saturated carbocycles. The number of hydrogen-bond acceptors (Lipinski definition) is 2. The molecule has 1 N–H and O–H groups in total. The first-order valence-corrected chi connectivity index (χ1v) is 11.3. The molecule has 0 aromatic rings. The van der Waals surface area contributed by atoms with Gasteiger partial charge in [-0.05, 0) is 37.5 Å². The summed E-state index contributed by atoms with van der Waals surface area (Å²) in [6, 6.07) is 0. The van der Waals surface area contributed by atoms with Gasteiger partial charge in [0, 0.05) is 0 Å². The summed E-state index contributed by atoms with van der Waals surface area (Å²) in [5, 5.41) is 0. The summed E-state index contributed by atoms with van der Waals surface area (Å²) in [5.74, 6) is 2.15. The van der Waals surface area contributed by atoms with Crippen LogP contribution in [0.25, 0.3) is 0 Å². The van der Waals surface area contributed by atoms with Crippen LogP contribution in [0.5, 0.6) is 0 Å². The van der Waals surface area contributed by atoms with Crippen LogP contribution in [0.4, 0.5) is 0 Å². The maximum absolute atomic E-state index is 10.7. The lowest BCUT2D eigenvalue weighted by Crippen LogP contribution is -2.02. The average Bonchev–Trinajstić information content (AvgIpc) is 2.44. The molecular formula is C20H40O3S. The van der Waals surface area contributed by atoms with Crippen molar-refractivity contribution in [1.29, 1.82) is 0 Å². The van der Waals surface area contributed by atoms with Gasteiger partial charge >= 0.3 is 0 Å². The molecular weight excluding hydrogens is 320 g/mol. The van der Waals surface area contributed by atoms with E-state index in [0.29, 0.717) is 0 Å². The Bertz CT molecular complexity index is 438. The summed E-state index contributed by atoms with van der Waals surface area (Å²) in [7, 11) is -3.87. The fraction of sp³-hybridized carbons (Fsp3) is 0.900. The molecule has 0 saturated heterocycles. The summed E-state index contributed by atoms with van der Waals surface area (Å²) in [5.41, 5.74) is 1.05. The number of hydrogen-bond donors (Lipinski definition) is 1. The second kappa shape index (κ2) is 12.9. The van der Waals surface area contributed by atoms with Crippen LogP contribution < -0.4 is 0 Å². The molecule has 4 heteroatoms. The van der Waals surface area contributed by atoms with Crippen LogP contribution in [0, 0.1) is 17.8 Å². The van der Waals surface area contributed by atoms with E-state index in [1.165, 1.54) is 44.9 Å². The van der Waals surface area contributed by atoms with Crippen molar-refractivity contribution in [2.24, 2.45) is 17.8 Å². The minimum atomic E-state index is -3.87. The highest BCUT2D eigenvalue weighted by Crippen LogP contribution is 2.22. The molecule has 0 heterocycles. The zero-order chi connectivity index (χ0) is 18.6. The standard InChI is InChI=1S/C20H40O3S/c1-17(2)9-6-10-18(3)11-7-12-19(4)13-8-14-20(5)15-16-24(21,22)23/h15,17-19H,6-14,16H2,1-5H3,(H,21,22,23)/b20-15+/t18-,19-/m1/s1. The molecule has 0 bridgehead atoms. The van der Waals surface area contributed by atoms with Crippen LogP contribution in [0.2, 0.25) is 0 Å². The Hall–Kier alpha value is -0.350. The van der Waals surface area contributed by atoms with Gasteiger partial charge in [0.25, 0.3) is 10.1 Å². The van der Waals surface area contributed by atoms with Crippen LogP contribution >= 0.6 is 0 Å². The first-order valence-electron chi connectivity index (χ1n) is 9.71. The molecule has 3 nitrogen and oxygen atoms in total. The molecule has 144 valence electrons. The maximum Gasteiger partial charge on any atom is 0.268 e. The quantitative estimate of drug-likeness (QED) is 0.294. The third-order valence-electron chi connectivity index (χ3n) is 4.78. The molecule has 24 heavy (non-hydrogen) atoms. The molecule has 0 rings (SSSR count). The van der Waals surface area contributed by atoms with Gasteiger partial charge in [-0.15, -0.1) is 0 Å². The Kier molecular flexibility index (Phi) is 12.7. The van der Waals surface area contributed by atoms with Crippen LogP contribution in [0.15, 0.2) is 11.6 Å². The van der Waals surface area contributed by atoms with Crippen LogP contribution in [0.1, 0.15) is 92.4 Å². The lowest BCUT2D eigenvalue weighted by atomic mass is 9.91. The second-order valence-electron chi connectivity index (χ2n) is 8.16. The predicted molar refractivity (Wildman–Crippen MR) is 105 cm³/mol. The molecule has 0 aliphatic heterocycles. The van der Waals surface area contributed by atoms with Gasteiger partial charge in [0.05, 0.1) is 5.75 Å². The van der Waals surface area contributed by atoms with E-state index in [1.807, 2.05) is 6.92 Å². The van der Waals surface area contributed by atoms with E-state index in [4.69, 9.17) is 4.55 Å². The van der Waals surface area contributed by atoms with Gasteiger partial charge in [0.2, 0.25) is 0 Å². The van der Waals surface area contributed by atoms with E-state index in [2.05, 4.69) is 27.7 Å². The molecule has 0 aliphatic rings. The number of rotatable bonds is 14. The van der Waals surface area contributed by atoms with Crippen molar-refractivity contribution in [3.63, 3.8) is 0 Å². The van der Waals surface area contributed by atoms with E-state index < -0.39 is 10.1 Å². The van der Waals surface area contributed by atoms with Gasteiger partial charge in [-0.2, -0.15) is 8.42 Å². The second-order valence-corrected chi connectivity index (χ2v) is 9.65. The minimum absolute atomic E-state index is 0.261. The van der Waals surface area contributed by atoms with Crippen LogP contribution in [0.3, 0.4) is 0 Å². The van der Waals surface area contributed by atoms with E-state index in [1.54, 1.807) is 6.08 Å². The zero-order valence-corrected chi connectivity index (χ0v) is 17.4. The van der Waals surface area contributed by atoms with Crippen molar-refractivity contribution in [3.05, 3.63) is 11.6 Å². The zero-order valence-electron chi connectivity index (χ0n) is 16.6. The normalized spacial score (nSPS) is 15.7. The average molecular weight is 361 g/mol. The Balaban J connectivity index is 3.70. The monoisotopic (exact) mass is 360 g/mol. The smallest absolute Gasteiger partial charge is 0.268 e. The Morgan fingerprint density at radius 2 is 1.33 bits per heavy atom. The molecule has 0 aliphatic carbocycles. The lowest BCUT2D eigenvalue weighted by Gasteiger charge is -2.15. The highest BCUT2D eigenvalue weighted by molar-refractivity contribution is 7.85. The molecule has 0 aromatic heterocycles. The van der Waals surface area contributed by atoms with Gasteiger partial charge in [-0.25, -0.2) is 0 Å². The van der Waals surface area contributed by atoms with E-state index in [0.717, 1.165) is 36.2 Å². The summed E-state index contributed by atoms with van der Waals surface area (Å²) >= 11 is 0. The third-order valence-corrected chi connectivity index (χ3v) is 5.37. The van der Waals surface area contributed by atoms with Crippen LogP contribution in [-0.4, -0.2) is 18.7 Å². The van der Waals surface area contributed by atoms with Crippen molar-refractivity contribution in [2.75, 3.05) is 5.75 Å².